The second kappa shape index (κ2) is 13.0. The molecule has 1 aromatic heterocycles. The molecule has 0 bridgehead atoms. The van der Waals surface area contributed by atoms with Gasteiger partial charge < -0.3 is 25.7 Å². The lowest BCUT2D eigenvalue weighted by Crippen LogP contribution is -2.39. The average molecular weight is 485 g/mol. The van der Waals surface area contributed by atoms with Crippen LogP contribution in [0.4, 0.5) is 0 Å². The molecule has 27 heavy (non-hydrogen) atoms. The number of nitrogens with zero attached hydrogens (tertiary/aromatic N) is 2. The summed E-state index contributed by atoms with van der Waals surface area (Å²) in [6.45, 7) is 5.15. The number of hydrogen-bond donors (Lipinski definition) is 3. The van der Waals surface area contributed by atoms with Crippen LogP contribution in [-0.2, 0) is 17.8 Å². The molecule has 0 saturated carbocycles. The van der Waals surface area contributed by atoms with Crippen molar-refractivity contribution in [1.29, 1.82) is 0 Å². The molecule has 0 aliphatic carbocycles. The number of carbonyl (C=O) groups is 1. The Morgan fingerprint density at radius 2 is 1.89 bits per heavy atom. The molecule has 1 heterocycles. The molecule has 1 amide bonds. The number of aliphatic imine (C=N–C) groups is 1. The first-order valence-corrected chi connectivity index (χ1v) is 8.80. The van der Waals surface area contributed by atoms with Gasteiger partial charge in [-0.25, -0.2) is 0 Å². The largest absolute Gasteiger partial charge is 0.484 e. The number of benzene rings is 1. The number of nitrogens with one attached hydrogen (secondary N) is 2. The quantitative estimate of drug-likeness (QED) is 0.272. The van der Waals surface area contributed by atoms with E-state index in [9.17, 15) is 4.79 Å². The van der Waals surface area contributed by atoms with Crippen molar-refractivity contribution in [3.05, 3.63) is 54.4 Å². The van der Waals surface area contributed by atoms with E-state index in [2.05, 4.69) is 20.2 Å². The van der Waals surface area contributed by atoms with Gasteiger partial charge in [0.1, 0.15) is 5.75 Å². The average Bonchev–Trinajstić information content (AvgIpc) is 3.14. The highest BCUT2D eigenvalue weighted by molar-refractivity contribution is 14.0. The fraction of sp³-hybridized carbons (Fsp3) is 0.368. The minimum Gasteiger partial charge on any atom is -0.484 e. The van der Waals surface area contributed by atoms with Gasteiger partial charge in [0.15, 0.2) is 12.6 Å². The van der Waals surface area contributed by atoms with E-state index in [1.54, 1.807) is 0 Å². The number of ether oxygens (including phenoxy) is 1. The van der Waals surface area contributed by atoms with Gasteiger partial charge in [-0.1, -0.05) is 12.1 Å². The molecule has 0 spiro atoms. The number of guanidine groups is 1. The van der Waals surface area contributed by atoms with Gasteiger partial charge in [0, 0.05) is 38.6 Å². The summed E-state index contributed by atoms with van der Waals surface area (Å²) in [4.78, 5) is 15.3. The number of aromatic nitrogens is 1. The molecule has 0 atom stereocenters. The third kappa shape index (κ3) is 9.32. The fourth-order valence-electron chi connectivity index (χ4n) is 2.37. The van der Waals surface area contributed by atoms with Crippen molar-refractivity contribution in [2.45, 2.75) is 19.9 Å². The van der Waals surface area contributed by atoms with E-state index < -0.39 is 5.91 Å². The molecule has 0 fully saturated rings. The highest BCUT2D eigenvalue weighted by atomic mass is 127. The van der Waals surface area contributed by atoms with Gasteiger partial charge in [-0.15, -0.1) is 24.0 Å². The molecule has 8 heteroatoms. The van der Waals surface area contributed by atoms with Crippen molar-refractivity contribution in [2.75, 3.05) is 26.2 Å². The van der Waals surface area contributed by atoms with Crippen LogP contribution in [0.3, 0.4) is 0 Å². The number of carbonyl (C=O) groups excluding carboxylic acids is 1. The Bertz CT molecular complexity index is 687. The minimum absolute atomic E-state index is 0. The zero-order valence-corrected chi connectivity index (χ0v) is 17.9. The molecular formula is C19H28IN5O2. The topological polar surface area (TPSA) is 93.7 Å². The third-order valence-electron chi connectivity index (χ3n) is 3.65. The van der Waals surface area contributed by atoms with Crippen LogP contribution in [0.5, 0.6) is 5.75 Å². The number of hydrogen-bond acceptors (Lipinski definition) is 3. The van der Waals surface area contributed by atoms with Gasteiger partial charge in [-0.05, 0) is 43.2 Å². The zero-order valence-electron chi connectivity index (χ0n) is 15.6. The van der Waals surface area contributed by atoms with E-state index in [0.717, 1.165) is 37.6 Å². The van der Waals surface area contributed by atoms with Crippen molar-refractivity contribution in [3.63, 3.8) is 0 Å². The molecule has 1 aromatic carbocycles. The summed E-state index contributed by atoms with van der Waals surface area (Å²) in [6, 6.07) is 11.6. The Morgan fingerprint density at radius 3 is 2.52 bits per heavy atom. The highest BCUT2D eigenvalue weighted by Gasteiger charge is 2.00. The van der Waals surface area contributed by atoms with E-state index in [0.29, 0.717) is 12.3 Å². The first-order valence-electron chi connectivity index (χ1n) is 8.80. The lowest BCUT2D eigenvalue weighted by Gasteiger charge is -2.12. The predicted molar refractivity (Wildman–Crippen MR) is 119 cm³/mol. The summed E-state index contributed by atoms with van der Waals surface area (Å²) in [5.74, 6) is 0.973. The Hall–Kier alpha value is -2.23. The molecule has 0 unspecified atom stereocenters. The lowest BCUT2D eigenvalue weighted by molar-refractivity contribution is -0.119. The summed E-state index contributed by atoms with van der Waals surface area (Å²) < 4.78 is 7.37. The monoisotopic (exact) mass is 485 g/mol. The molecule has 0 saturated heterocycles. The van der Waals surface area contributed by atoms with Crippen molar-refractivity contribution < 1.29 is 9.53 Å². The Labute approximate surface area is 177 Å². The zero-order chi connectivity index (χ0) is 18.6. The predicted octanol–water partition coefficient (Wildman–Crippen LogP) is 1.77. The van der Waals surface area contributed by atoms with Crippen LogP contribution in [0.2, 0.25) is 0 Å². The van der Waals surface area contributed by atoms with E-state index in [1.807, 2.05) is 55.7 Å². The minimum atomic E-state index is -0.483. The van der Waals surface area contributed by atoms with Gasteiger partial charge in [0.05, 0.1) is 0 Å². The Balaban J connectivity index is 0.00000364. The van der Waals surface area contributed by atoms with Crippen LogP contribution in [0.1, 0.15) is 12.5 Å². The second-order valence-electron chi connectivity index (χ2n) is 5.76. The normalized spacial score (nSPS) is 10.8. The Kier molecular flexibility index (Phi) is 11.0. The van der Waals surface area contributed by atoms with Crippen molar-refractivity contribution in [3.8, 4) is 5.75 Å². The van der Waals surface area contributed by atoms with Crippen molar-refractivity contribution in [2.24, 2.45) is 10.7 Å². The maximum atomic E-state index is 10.7. The van der Waals surface area contributed by atoms with Crippen LogP contribution in [0.25, 0.3) is 0 Å². The van der Waals surface area contributed by atoms with E-state index in [-0.39, 0.29) is 30.6 Å². The fourth-order valence-corrected chi connectivity index (χ4v) is 2.37. The molecule has 0 aliphatic rings. The maximum Gasteiger partial charge on any atom is 0.255 e. The number of rotatable bonds is 10. The molecule has 2 rings (SSSR count). The molecule has 4 N–H and O–H groups in total. The molecule has 2 aromatic rings. The first-order chi connectivity index (χ1) is 12.7. The molecular weight excluding hydrogens is 457 g/mol. The van der Waals surface area contributed by atoms with Crippen molar-refractivity contribution >= 4 is 35.8 Å². The summed E-state index contributed by atoms with van der Waals surface area (Å²) in [6.07, 6.45) is 4.91. The van der Waals surface area contributed by atoms with E-state index in [4.69, 9.17) is 10.5 Å². The van der Waals surface area contributed by atoms with Gasteiger partial charge >= 0.3 is 0 Å². The smallest absolute Gasteiger partial charge is 0.255 e. The molecule has 0 aliphatic heterocycles. The maximum absolute atomic E-state index is 10.7. The highest BCUT2D eigenvalue weighted by Crippen LogP contribution is 2.12. The standard InChI is InChI=1S/C19H27N5O2.HI/c1-2-21-19(23-11-14-24-12-3-4-13-24)22-10-9-16-5-7-17(8-6-16)26-15-18(20)25;/h3-8,12-13H,2,9-11,14-15H2,1H3,(H2,20,25)(H2,21,22,23);1H. The summed E-state index contributed by atoms with van der Waals surface area (Å²) in [5.41, 5.74) is 6.22. The lowest BCUT2D eigenvalue weighted by atomic mass is 10.1. The van der Waals surface area contributed by atoms with Gasteiger partial charge in [-0.3, -0.25) is 9.79 Å². The Morgan fingerprint density at radius 1 is 1.19 bits per heavy atom. The molecule has 7 nitrogen and oxygen atoms in total. The van der Waals surface area contributed by atoms with Gasteiger partial charge in [0.2, 0.25) is 0 Å². The second-order valence-corrected chi connectivity index (χ2v) is 5.76. The number of halogens is 1. The van der Waals surface area contributed by atoms with Gasteiger partial charge in [-0.2, -0.15) is 0 Å². The number of primary amides is 1. The van der Waals surface area contributed by atoms with Gasteiger partial charge in [0.25, 0.3) is 5.91 Å². The van der Waals surface area contributed by atoms with Crippen molar-refractivity contribution in [1.82, 2.24) is 15.2 Å². The third-order valence-corrected chi connectivity index (χ3v) is 3.65. The van der Waals surface area contributed by atoms with E-state index >= 15 is 0 Å². The van der Waals surface area contributed by atoms with Crippen LogP contribution in [-0.4, -0.2) is 42.7 Å². The summed E-state index contributed by atoms with van der Waals surface area (Å²) in [7, 11) is 0. The first kappa shape index (κ1) is 22.8. The summed E-state index contributed by atoms with van der Waals surface area (Å²) >= 11 is 0. The van der Waals surface area contributed by atoms with E-state index in [1.165, 1.54) is 0 Å². The summed E-state index contributed by atoms with van der Waals surface area (Å²) in [5, 5.41) is 6.59. The SMILES string of the molecule is CCNC(=NCCc1ccc(OCC(N)=O)cc1)NCCn1cccc1.I. The van der Waals surface area contributed by atoms with Crippen LogP contribution >= 0.6 is 24.0 Å². The van der Waals surface area contributed by atoms with Crippen LogP contribution in [0, 0.1) is 0 Å². The van der Waals surface area contributed by atoms with Crippen LogP contribution in [0.15, 0.2) is 53.8 Å². The van der Waals surface area contributed by atoms with Crippen LogP contribution < -0.4 is 21.1 Å². The molecule has 0 radical (unpaired) electrons. The number of nitrogens with two attached hydrogens (primary N) is 1. The molecule has 148 valence electrons. The number of amides is 1.